The van der Waals surface area contributed by atoms with E-state index in [9.17, 15) is 8.78 Å². The molecule has 1 atom stereocenters. The summed E-state index contributed by atoms with van der Waals surface area (Å²) in [4.78, 5) is 5.50. The van der Waals surface area contributed by atoms with Crippen molar-refractivity contribution in [2.24, 2.45) is 0 Å². The van der Waals surface area contributed by atoms with Crippen LogP contribution in [0.15, 0.2) is 42.5 Å². The topological polar surface area (TPSA) is 19.0 Å². The SMILES string of the molecule is CN(Cc1ccccc1)C1CCc2[nH]c3c(F)cc(F)cc3c2C1. The van der Waals surface area contributed by atoms with E-state index in [1.165, 1.54) is 11.6 Å². The van der Waals surface area contributed by atoms with Crippen molar-refractivity contribution < 1.29 is 8.78 Å². The van der Waals surface area contributed by atoms with E-state index in [4.69, 9.17) is 0 Å². The molecule has 0 aliphatic heterocycles. The molecule has 0 fully saturated rings. The maximum atomic E-state index is 14.0. The number of nitrogens with one attached hydrogen (secondary N) is 1. The molecular weight excluding hydrogens is 306 g/mol. The second kappa shape index (κ2) is 6.02. The van der Waals surface area contributed by atoms with Gasteiger partial charge >= 0.3 is 0 Å². The van der Waals surface area contributed by atoms with Gasteiger partial charge in [0.2, 0.25) is 0 Å². The van der Waals surface area contributed by atoms with Crippen molar-refractivity contribution in [3.8, 4) is 0 Å². The zero-order valence-electron chi connectivity index (χ0n) is 13.7. The van der Waals surface area contributed by atoms with Gasteiger partial charge in [0.1, 0.15) is 11.6 Å². The summed E-state index contributed by atoms with van der Waals surface area (Å²) in [6, 6.07) is 13.1. The van der Waals surface area contributed by atoms with Crippen molar-refractivity contribution in [3.05, 3.63) is 70.9 Å². The van der Waals surface area contributed by atoms with Crippen molar-refractivity contribution in [3.63, 3.8) is 0 Å². The Balaban J connectivity index is 1.61. The lowest BCUT2D eigenvalue weighted by molar-refractivity contribution is 0.214. The van der Waals surface area contributed by atoms with Gasteiger partial charge in [0.15, 0.2) is 0 Å². The second-order valence-electron chi connectivity index (χ2n) is 6.69. The normalized spacial score (nSPS) is 17.4. The second-order valence-corrected chi connectivity index (χ2v) is 6.69. The third kappa shape index (κ3) is 2.71. The zero-order chi connectivity index (χ0) is 16.7. The predicted molar refractivity (Wildman–Crippen MR) is 91.9 cm³/mol. The number of aromatic amines is 1. The highest BCUT2D eigenvalue weighted by Crippen LogP contribution is 2.32. The molecule has 0 saturated carbocycles. The monoisotopic (exact) mass is 326 g/mol. The molecule has 1 heterocycles. The largest absolute Gasteiger partial charge is 0.356 e. The summed E-state index contributed by atoms with van der Waals surface area (Å²) >= 11 is 0. The Hall–Kier alpha value is -2.20. The molecule has 1 aliphatic rings. The Morgan fingerprint density at radius 2 is 1.96 bits per heavy atom. The first-order valence-corrected chi connectivity index (χ1v) is 8.34. The first kappa shape index (κ1) is 15.3. The van der Waals surface area contributed by atoms with E-state index in [0.29, 0.717) is 16.9 Å². The Morgan fingerprint density at radius 1 is 1.17 bits per heavy atom. The minimum Gasteiger partial charge on any atom is -0.356 e. The number of benzene rings is 2. The molecule has 1 unspecified atom stereocenters. The fourth-order valence-corrected chi connectivity index (χ4v) is 3.80. The van der Waals surface area contributed by atoms with E-state index >= 15 is 0 Å². The molecular formula is C20H20F2N2. The molecule has 0 spiro atoms. The minimum atomic E-state index is -0.512. The zero-order valence-corrected chi connectivity index (χ0v) is 13.7. The number of hydrogen-bond acceptors (Lipinski definition) is 1. The summed E-state index contributed by atoms with van der Waals surface area (Å²) in [5.41, 5.74) is 3.84. The third-order valence-electron chi connectivity index (χ3n) is 5.09. The first-order chi connectivity index (χ1) is 11.6. The number of H-pyrrole nitrogens is 1. The van der Waals surface area contributed by atoms with E-state index in [2.05, 4.69) is 29.1 Å². The predicted octanol–water partition coefficient (Wildman–Crippen LogP) is 4.44. The number of fused-ring (bicyclic) bond motifs is 3. The maximum Gasteiger partial charge on any atom is 0.150 e. The molecule has 1 aliphatic carbocycles. The van der Waals surface area contributed by atoms with Crippen LogP contribution in [0.4, 0.5) is 8.78 Å². The first-order valence-electron chi connectivity index (χ1n) is 8.34. The third-order valence-corrected chi connectivity index (χ3v) is 5.09. The van der Waals surface area contributed by atoms with Crippen molar-refractivity contribution in [2.45, 2.75) is 31.8 Å². The van der Waals surface area contributed by atoms with Crippen molar-refractivity contribution in [1.29, 1.82) is 0 Å². The molecule has 2 aromatic carbocycles. The number of nitrogens with zero attached hydrogens (tertiary/aromatic N) is 1. The van der Waals surface area contributed by atoms with Gasteiger partial charge in [-0.3, -0.25) is 4.90 Å². The Bertz CT molecular complexity index is 870. The molecule has 3 aromatic rings. The fraction of sp³-hybridized carbons (Fsp3) is 0.300. The average molecular weight is 326 g/mol. The van der Waals surface area contributed by atoms with Crippen molar-refractivity contribution >= 4 is 10.9 Å². The lowest BCUT2D eigenvalue weighted by atomic mass is 9.90. The Morgan fingerprint density at radius 3 is 2.75 bits per heavy atom. The van der Waals surface area contributed by atoms with Crippen LogP contribution < -0.4 is 0 Å². The van der Waals surface area contributed by atoms with E-state index in [-0.39, 0.29) is 0 Å². The molecule has 2 nitrogen and oxygen atoms in total. The molecule has 0 radical (unpaired) electrons. The number of aryl methyl sites for hydroxylation is 1. The van der Waals surface area contributed by atoms with Gasteiger partial charge in [0.05, 0.1) is 5.52 Å². The summed E-state index contributed by atoms with van der Waals surface area (Å²) in [6.45, 7) is 0.881. The average Bonchev–Trinajstić information content (AvgIpc) is 2.94. The van der Waals surface area contributed by atoms with Crippen LogP contribution in [0.2, 0.25) is 0 Å². The molecule has 1 N–H and O–H groups in total. The molecule has 0 amide bonds. The lowest BCUT2D eigenvalue weighted by Crippen LogP contribution is -2.35. The van der Waals surface area contributed by atoms with Gasteiger partial charge < -0.3 is 4.98 Å². The highest BCUT2D eigenvalue weighted by Gasteiger charge is 2.26. The van der Waals surface area contributed by atoms with Crippen LogP contribution in [0.5, 0.6) is 0 Å². The van der Waals surface area contributed by atoms with Crippen LogP contribution in [-0.4, -0.2) is 23.0 Å². The van der Waals surface area contributed by atoms with Crippen LogP contribution in [0, 0.1) is 11.6 Å². The Labute approximate surface area is 140 Å². The number of halogens is 2. The molecule has 0 bridgehead atoms. The molecule has 4 rings (SSSR count). The van der Waals surface area contributed by atoms with Crippen LogP contribution in [0.1, 0.15) is 23.2 Å². The van der Waals surface area contributed by atoms with Gasteiger partial charge in [-0.15, -0.1) is 0 Å². The standard InChI is InChI=1S/C20H20F2N2/c1-24(12-13-5-3-2-4-6-13)15-7-8-19-16(11-15)17-9-14(21)10-18(22)20(17)23-19/h2-6,9-10,15,23H,7-8,11-12H2,1H3. The van der Waals surface area contributed by atoms with Crippen LogP contribution in [-0.2, 0) is 19.4 Å². The van der Waals surface area contributed by atoms with Crippen LogP contribution in [0.3, 0.4) is 0 Å². The maximum absolute atomic E-state index is 14.0. The van der Waals surface area contributed by atoms with E-state index in [0.717, 1.165) is 43.1 Å². The van der Waals surface area contributed by atoms with Crippen LogP contribution >= 0.6 is 0 Å². The molecule has 0 saturated heterocycles. The van der Waals surface area contributed by atoms with Gasteiger partial charge in [0, 0.05) is 29.7 Å². The van der Waals surface area contributed by atoms with E-state index in [1.54, 1.807) is 0 Å². The summed E-state index contributed by atoms with van der Waals surface area (Å²) in [7, 11) is 2.12. The van der Waals surface area contributed by atoms with Crippen molar-refractivity contribution in [1.82, 2.24) is 9.88 Å². The molecule has 4 heteroatoms. The summed E-state index contributed by atoms with van der Waals surface area (Å²) in [6.07, 6.45) is 2.71. The lowest BCUT2D eigenvalue weighted by Gasteiger charge is -2.31. The molecule has 24 heavy (non-hydrogen) atoms. The minimum absolute atomic E-state index is 0.378. The summed E-state index contributed by atoms with van der Waals surface area (Å²) in [5, 5.41) is 0.695. The smallest absolute Gasteiger partial charge is 0.150 e. The highest BCUT2D eigenvalue weighted by atomic mass is 19.1. The number of likely N-dealkylation sites (N-methyl/N-ethyl adjacent to an activating group) is 1. The van der Waals surface area contributed by atoms with Crippen LogP contribution in [0.25, 0.3) is 10.9 Å². The summed E-state index contributed by atoms with van der Waals surface area (Å²) < 4.78 is 27.6. The molecule has 1 aromatic heterocycles. The van der Waals surface area contributed by atoms with E-state index < -0.39 is 11.6 Å². The molecule has 124 valence electrons. The van der Waals surface area contributed by atoms with Gasteiger partial charge in [-0.2, -0.15) is 0 Å². The van der Waals surface area contributed by atoms with Gasteiger partial charge in [-0.25, -0.2) is 8.78 Å². The van der Waals surface area contributed by atoms with Gasteiger partial charge in [0.25, 0.3) is 0 Å². The number of aromatic nitrogens is 1. The quantitative estimate of drug-likeness (QED) is 0.754. The summed E-state index contributed by atoms with van der Waals surface area (Å²) in [5.74, 6) is -1.02. The highest BCUT2D eigenvalue weighted by molar-refractivity contribution is 5.85. The fourth-order valence-electron chi connectivity index (χ4n) is 3.80. The van der Waals surface area contributed by atoms with Crippen molar-refractivity contribution in [2.75, 3.05) is 7.05 Å². The van der Waals surface area contributed by atoms with E-state index in [1.807, 2.05) is 18.2 Å². The number of rotatable bonds is 3. The van der Waals surface area contributed by atoms with Gasteiger partial charge in [-0.05, 0) is 43.5 Å². The van der Waals surface area contributed by atoms with Gasteiger partial charge in [-0.1, -0.05) is 30.3 Å². The number of hydrogen-bond donors (Lipinski definition) is 1. The Kier molecular flexibility index (Phi) is 3.85.